The summed E-state index contributed by atoms with van der Waals surface area (Å²) in [5, 5.41) is 12.4. The van der Waals surface area contributed by atoms with Crippen LogP contribution in [0.1, 0.15) is 0 Å². The Labute approximate surface area is 348 Å². The summed E-state index contributed by atoms with van der Waals surface area (Å²) >= 11 is 0. The zero-order valence-electron chi connectivity index (χ0n) is 32.8. The molecule has 2 heteroatoms. The van der Waals surface area contributed by atoms with Crippen molar-refractivity contribution in [1.29, 1.82) is 0 Å². The van der Waals surface area contributed by atoms with Gasteiger partial charge < -0.3 is 9.47 Å². The second kappa shape index (κ2) is 13.9. The monoisotopic (exact) mass is 762 g/mol. The van der Waals surface area contributed by atoms with Crippen molar-refractivity contribution in [2.45, 2.75) is 0 Å². The van der Waals surface area contributed by atoms with Crippen molar-refractivity contribution in [2.75, 3.05) is 4.90 Å². The Morgan fingerprint density at radius 2 is 0.783 bits per heavy atom. The average molecular weight is 763 g/mol. The van der Waals surface area contributed by atoms with Gasteiger partial charge in [-0.25, -0.2) is 0 Å². The molecule has 0 bridgehead atoms. The van der Waals surface area contributed by atoms with Gasteiger partial charge in [0, 0.05) is 33.2 Å². The molecule has 0 radical (unpaired) electrons. The Morgan fingerprint density at radius 3 is 1.42 bits per heavy atom. The molecule has 0 atom stereocenters. The summed E-state index contributed by atoms with van der Waals surface area (Å²) in [6.07, 6.45) is 0. The molecule has 60 heavy (non-hydrogen) atoms. The summed E-state index contributed by atoms with van der Waals surface area (Å²) < 4.78 is 2.38. The first-order valence-electron chi connectivity index (χ1n) is 20.7. The van der Waals surface area contributed by atoms with Gasteiger partial charge in [0.25, 0.3) is 0 Å². The van der Waals surface area contributed by atoms with E-state index in [-0.39, 0.29) is 0 Å². The second-order valence-electron chi connectivity index (χ2n) is 15.6. The van der Waals surface area contributed by atoms with E-state index in [1.54, 1.807) is 0 Å². The zero-order valence-corrected chi connectivity index (χ0v) is 32.8. The maximum absolute atomic E-state index is 2.40. The van der Waals surface area contributed by atoms with Crippen molar-refractivity contribution in [1.82, 2.24) is 4.57 Å². The Balaban J connectivity index is 1.05. The number of anilines is 3. The van der Waals surface area contributed by atoms with Gasteiger partial charge in [-0.3, -0.25) is 0 Å². The van der Waals surface area contributed by atoms with E-state index >= 15 is 0 Å². The normalized spacial score (nSPS) is 11.7. The van der Waals surface area contributed by atoms with Crippen molar-refractivity contribution in [3.05, 3.63) is 231 Å². The molecule has 2 nitrogen and oxygen atoms in total. The molecular formula is C58H38N2. The molecule has 0 amide bonds. The Bertz CT molecular complexity index is 3490. The number of rotatable bonds is 6. The van der Waals surface area contributed by atoms with Crippen LogP contribution in [-0.2, 0) is 0 Å². The molecule has 12 aromatic rings. The van der Waals surface area contributed by atoms with Crippen molar-refractivity contribution < 1.29 is 0 Å². The highest BCUT2D eigenvalue weighted by Gasteiger charge is 2.22. The Morgan fingerprint density at radius 1 is 0.300 bits per heavy atom. The molecule has 0 aliphatic rings. The first kappa shape index (κ1) is 34.1. The van der Waals surface area contributed by atoms with Gasteiger partial charge in [0.05, 0.1) is 16.7 Å². The van der Waals surface area contributed by atoms with Crippen LogP contribution < -0.4 is 4.90 Å². The minimum Gasteiger partial charge on any atom is -0.310 e. The van der Waals surface area contributed by atoms with E-state index in [9.17, 15) is 0 Å². The number of benzene rings is 11. The number of fused-ring (bicyclic) bond motifs is 7. The van der Waals surface area contributed by atoms with Gasteiger partial charge in [0.1, 0.15) is 0 Å². The molecule has 0 aliphatic heterocycles. The molecule has 0 saturated heterocycles. The lowest BCUT2D eigenvalue weighted by Gasteiger charge is -2.28. The third-order valence-corrected chi connectivity index (χ3v) is 12.3. The number of nitrogens with zero attached hydrogens (tertiary/aromatic N) is 2. The summed E-state index contributed by atoms with van der Waals surface area (Å²) in [5.74, 6) is 0. The number of aromatic nitrogens is 1. The third kappa shape index (κ3) is 5.35. The Kier molecular flexibility index (Phi) is 7.89. The zero-order chi connectivity index (χ0) is 39.6. The maximum atomic E-state index is 2.40. The fourth-order valence-electron chi connectivity index (χ4n) is 9.73. The van der Waals surface area contributed by atoms with Crippen molar-refractivity contribution in [3.8, 4) is 27.9 Å². The summed E-state index contributed by atoms with van der Waals surface area (Å²) in [6.45, 7) is 0. The summed E-state index contributed by atoms with van der Waals surface area (Å²) in [6, 6.07) is 84.2. The van der Waals surface area contributed by atoms with Gasteiger partial charge in [-0.15, -0.1) is 0 Å². The van der Waals surface area contributed by atoms with Crippen LogP contribution >= 0.6 is 0 Å². The molecule has 0 N–H and O–H groups in total. The SMILES string of the molecule is c1ccc(N(c2ccc(-n3c4ccccc4c4ccccc43)cc2)c2ccc(-c3c4ccccc4c(-c4ccc5ccccc5c4)c4ccccc34)c3ccccc23)cc1. The van der Waals surface area contributed by atoms with Crippen LogP contribution in [0.3, 0.4) is 0 Å². The average Bonchev–Trinajstić information content (AvgIpc) is 3.66. The molecular weight excluding hydrogens is 725 g/mol. The molecule has 12 rings (SSSR count). The highest BCUT2D eigenvalue weighted by molar-refractivity contribution is 6.24. The number of hydrogen-bond acceptors (Lipinski definition) is 1. The molecule has 280 valence electrons. The van der Waals surface area contributed by atoms with Gasteiger partial charge in [-0.05, 0) is 121 Å². The second-order valence-corrected chi connectivity index (χ2v) is 15.6. The quantitative estimate of drug-likeness (QED) is 0.153. The van der Waals surface area contributed by atoms with Crippen LogP contribution in [0.25, 0.3) is 92.8 Å². The molecule has 1 heterocycles. The molecule has 0 unspecified atom stereocenters. The van der Waals surface area contributed by atoms with Crippen LogP contribution in [0.5, 0.6) is 0 Å². The molecule has 1 aromatic heterocycles. The fourth-order valence-corrected chi connectivity index (χ4v) is 9.73. The van der Waals surface area contributed by atoms with Crippen LogP contribution in [0.15, 0.2) is 231 Å². The van der Waals surface area contributed by atoms with Crippen molar-refractivity contribution >= 4 is 82.0 Å². The predicted octanol–water partition coefficient (Wildman–Crippen LogP) is 16.2. The minimum atomic E-state index is 1.10. The van der Waals surface area contributed by atoms with Crippen molar-refractivity contribution in [2.24, 2.45) is 0 Å². The lowest BCUT2D eigenvalue weighted by atomic mass is 9.84. The van der Waals surface area contributed by atoms with E-state index < -0.39 is 0 Å². The van der Waals surface area contributed by atoms with E-state index in [0.717, 1.165) is 22.7 Å². The smallest absolute Gasteiger partial charge is 0.0541 e. The molecule has 11 aromatic carbocycles. The van der Waals surface area contributed by atoms with E-state index in [2.05, 4.69) is 240 Å². The van der Waals surface area contributed by atoms with Crippen LogP contribution in [-0.4, -0.2) is 4.57 Å². The summed E-state index contributed by atoms with van der Waals surface area (Å²) in [4.78, 5) is 2.40. The van der Waals surface area contributed by atoms with Gasteiger partial charge in [-0.2, -0.15) is 0 Å². The summed E-state index contributed by atoms with van der Waals surface area (Å²) in [7, 11) is 0. The van der Waals surface area contributed by atoms with Gasteiger partial charge in [0.15, 0.2) is 0 Å². The first-order valence-corrected chi connectivity index (χ1v) is 20.7. The largest absolute Gasteiger partial charge is 0.310 e. The number of para-hydroxylation sites is 3. The summed E-state index contributed by atoms with van der Waals surface area (Å²) in [5.41, 5.74) is 11.9. The van der Waals surface area contributed by atoms with Crippen LogP contribution in [0.2, 0.25) is 0 Å². The molecule has 0 spiro atoms. The van der Waals surface area contributed by atoms with E-state index in [1.165, 1.54) is 87.1 Å². The number of hydrogen-bond donors (Lipinski definition) is 0. The fraction of sp³-hybridized carbons (Fsp3) is 0. The van der Waals surface area contributed by atoms with E-state index in [4.69, 9.17) is 0 Å². The lowest BCUT2D eigenvalue weighted by Crippen LogP contribution is -2.10. The topological polar surface area (TPSA) is 8.17 Å². The minimum absolute atomic E-state index is 1.10. The van der Waals surface area contributed by atoms with Gasteiger partial charge in [-0.1, -0.05) is 170 Å². The van der Waals surface area contributed by atoms with Gasteiger partial charge in [0.2, 0.25) is 0 Å². The molecule has 0 fully saturated rings. The first-order chi connectivity index (χ1) is 29.8. The van der Waals surface area contributed by atoms with E-state index in [1.807, 2.05) is 0 Å². The standard InChI is InChI=1S/C58H38N2/c1-2-18-42(19-3-1)59(43-32-34-44(35-33-43)60-54-28-14-12-22-47(54)48-23-13-15-29-55(48)60)56-37-36-53(45-20-6-7-21-46(45)56)58-51-26-10-8-24-49(51)57(50-25-9-11-27-52(50)58)41-31-30-39-16-4-5-17-40(39)38-41/h1-38H. The third-order valence-electron chi connectivity index (χ3n) is 12.3. The lowest BCUT2D eigenvalue weighted by molar-refractivity contribution is 1.17. The molecule has 0 saturated carbocycles. The highest BCUT2D eigenvalue weighted by atomic mass is 15.1. The van der Waals surface area contributed by atoms with Crippen LogP contribution in [0, 0.1) is 0 Å². The van der Waals surface area contributed by atoms with Crippen LogP contribution in [0.4, 0.5) is 17.1 Å². The van der Waals surface area contributed by atoms with E-state index in [0.29, 0.717) is 0 Å². The highest BCUT2D eigenvalue weighted by Crippen LogP contribution is 2.48. The van der Waals surface area contributed by atoms with Gasteiger partial charge >= 0.3 is 0 Å². The van der Waals surface area contributed by atoms with Crippen molar-refractivity contribution in [3.63, 3.8) is 0 Å². The maximum Gasteiger partial charge on any atom is 0.0541 e. The predicted molar refractivity (Wildman–Crippen MR) is 256 cm³/mol. The molecule has 0 aliphatic carbocycles. The Hall–Kier alpha value is -7.94.